The summed E-state index contributed by atoms with van der Waals surface area (Å²) in [5.41, 5.74) is -1.78. The number of hydrogen-bond acceptors (Lipinski definition) is 2. The van der Waals surface area contributed by atoms with Gasteiger partial charge < -0.3 is 9.84 Å². The number of carboxylic acids is 1. The lowest BCUT2D eigenvalue weighted by Crippen LogP contribution is -2.24. The van der Waals surface area contributed by atoms with Crippen molar-refractivity contribution in [3.05, 3.63) is 23.3 Å². The third kappa shape index (κ3) is 1.14. The van der Waals surface area contributed by atoms with E-state index >= 15 is 0 Å². The zero-order valence-electron chi connectivity index (χ0n) is 6.71. The molecule has 76 valence electrons. The van der Waals surface area contributed by atoms with Crippen LogP contribution in [-0.2, 0) is 9.53 Å². The number of fused-ring (bicyclic) bond motifs is 2. The summed E-state index contributed by atoms with van der Waals surface area (Å²) < 4.78 is 42.0. The topological polar surface area (TPSA) is 46.5 Å². The predicted molar refractivity (Wildman–Crippen MR) is 38.5 cm³/mol. The molecule has 2 atom stereocenters. The number of carbonyl (C=O) groups is 1. The zero-order chi connectivity index (χ0) is 10.5. The molecule has 6 heteroatoms. The molecule has 2 aliphatic rings. The Hall–Kier alpha value is -1.30. The number of halogens is 3. The number of alkyl halides is 3. The van der Waals surface area contributed by atoms with E-state index in [2.05, 4.69) is 0 Å². The standard InChI is InChI=1S/C8H5F3O3/c9-8(10,11)6-4-2-1-3(14-4)5(6)7(12)13/h1-4H,(H,12,13). The van der Waals surface area contributed by atoms with Crippen molar-refractivity contribution in [1.29, 1.82) is 0 Å². The van der Waals surface area contributed by atoms with Crippen molar-refractivity contribution in [2.75, 3.05) is 0 Å². The molecule has 0 fully saturated rings. The van der Waals surface area contributed by atoms with Gasteiger partial charge in [-0.25, -0.2) is 4.79 Å². The van der Waals surface area contributed by atoms with Gasteiger partial charge in [-0.2, -0.15) is 13.2 Å². The molecule has 0 amide bonds. The highest BCUT2D eigenvalue weighted by Crippen LogP contribution is 2.43. The van der Waals surface area contributed by atoms with Crippen LogP contribution in [0.1, 0.15) is 0 Å². The van der Waals surface area contributed by atoms with E-state index in [1.807, 2.05) is 0 Å². The largest absolute Gasteiger partial charge is 0.478 e. The molecular weight excluding hydrogens is 201 g/mol. The van der Waals surface area contributed by atoms with Gasteiger partial charge in [-0.1, -0.05) is 12.2 Å². The summed E-state index contributed by atoms with van der Waals surface area (Å²) in [7, 11) is 0. The number of rotatable bonds is 1. The van der Waals surface area contributed by atoms with Crippen LogP contribution in [0.5, 0.6) is 0 Å². The second kappa shape index (κ2) is 2.60. The third-order valence-corrected chi connectivity index (χ3v) is 2.15. The molecular formula is C8H5F3O3. The molecule has 2 rings (SSSR count). The summed E-state index contributed by atoms with van der Waals surface area (Å²) >= 11 is 0. The third-order valence-electron chi connectivity index (χ3n) is 2.15. The Morgan fingerprint density at radius 1 is 1.36 bits per heavy atom. The highest BCUT2D eigenvalue weighted by molar-refractivity contribution is 5.91. The van der Waals surface area contributed by atoms with Crippen molar-refractivity contribution in [2.24, 2.45) is 0 Å². The average Bonchev–Trinajstić information content (AvgIpc) is 2.58. The molecule has 0 saturated heterocycles. The summed E-state index contributed by atoms with van der Waals surface area (Å²) in [5, 5.41) is 8.60. The van der Waals surface area contributed by atoms with Crippen molar-refractivity contribution in [3.8, 4) is 0 Å². The van der Waals surface area contributed by atoms with Crippen LogP contribution in [0.15, 0.2) is 23.3 Å². The summed E-state index contributed by atoms with van der Waals surface area (Å²) in [6.45, 7) is 0. The molecule has 0 saturated carbocycles. The van der Waals surface area contributed by atoms with Crippen molar-refractivity contribution in [3.63, 3.8) is 0 Å². The minimum Gasteiger partial charge on any atom is -0.478 e. The van der Waals surface area contributed by atoms with E-state index < -0.39 is 35.5 Å². The molecule has 0 spiro atoms. The zero-order valence-corrected chi connectivity index (χ0v) is 6.71. The first kappa shape index (κ1) is 9.26. The lowest BCUT2D eigenvalue weighted by molar-refractivity contribution is -0.134. The molecule has 0 aromatic carbocycles. The maximum absolute atomic E-state index is 12.4. The molecule has 2 bridgehead atoms. The van der Waals surface area contributed by atoms with Crippen LogP contribution >= 0.6 is 0 Å². The fraction of sp³-hybridized carbons (Fsp3) is 0.375. The highest BCUT2D eigenvalue weighted by Gasteiger charge is 2.51. The van der Waals surface area contributed by atoms with E-state index in [1.165, 1.54) is 12.2 Å². The lowest BCUT2D eigenvalue weighted by Gasteiger charge is -2.13. The van der Waals surface area contributed by atoms with E-state index in [-0.39, 0.29) is 0 Å². The van der Waals surface area contributed by atoms with Crippen LogP contribution in [0.4, 0.5) is 13.2 Å². The quantitative estimate of drug-likeness (QED) is 0.657. The van der Waals surface area contributed by atoms with E-state index in [1.54, 1.807) is 0 Å². The predicted octanol–water partition coefficient (Wildman–Crippen LogP) is 1.27. The van der Waals surface area contributed by atoms with E-state index in [0.29, 0.717) is 0 Å². The Bertz CT molecular complexity index is 353. The van der Waals surface area contributed by atoms with Gasteiger partial charge in [-0.05, 0) is 0 Å². The van der Waals surface area contributed by atoms with Crippen LogP contribution in [-0.4, -0.2) is 29.5 Å². The Labute approximate surface area is 76.5 Å². The first-order valence-electron chi connectivity index (χ1n) is 3.79. The number of carboxylic acid groups (broad SMARTS) is 1. The van der Waals surface area contributed by atoms with Crippen molar-refractivity contribution < 1.29 is 27.8 Å². The van der Waals surface area contributed by atoms with Crippen LogP contribution in [0, 0.1) is 0 Å². The van der Waals surface area contributed by atoms with Crippen molar-refractivity contribution in [1.82, 2.24) is 0 Å². The number of ether oxygens (including phenoxy) is 1. The summed E-state index contributed by atoms with van der Waals surface area (Å²) in [6.07, 6.45) is -4.39. The van der Waals surface area contributed by atoms with Gasteiger partial charge in [-0.3, -0.25) is 0 Å². The average molecular weight is 206 g/mol. The van der Waals surface area contributed by atoms with Crippen molar-refractivity contribution >= 4 is 5.97 Å². The SMILES string of the molecule is O=C(O)C1=C(C(F)(F)F)C2C=CC1O2. The Kier molecular flexibility index (Phi) is 1.72. The van der Waals surface area contributed by atoms with E-state index in [4.69, 9.17) is 9.84 Å². The maximum atomic E-state index is 12.4. The molecule has 0 aromatic heterocycles. The van der Waals surface area contributed by atoms with Gasteiger partial charge in [0.1, 0.15) is 12.2 Å². The number of hydrogen-bond donors (Lipinski definition) is 1. The smallest absolute Gasteiger partial charge is 0.416 e. The molecule has 0 aromatic rings. The van der Waals surface area contributed by atoms with Crippen molar-refractivity contribution in [2.45, 2.75) is 18.4 Å². The van der Waals surface area contributed by atoms with Crippen LogP contribution in [0.25, 0.3) is 0 Å². The maximum Gasteiger partial charge on any atom is 0.416 e. The summed E-state index contributed by atoms with van der Waals surface area (Å²) in [5.74, 6) is -1.57. The van der Waals surface area contributed by atoms with Gasteiger partial charge in [-0.15, -0.1) is 0 Å². The normalized spacial score (nSPS) is 30.2. The lowest BCUT2D eigenvalue weighted by atomic mass is 9.97. The first-order valence-corrected chi connectivity index (χ1v) is 3.79. The van der Waals surface area contributed by atoms with Gasteiger partial charge in [0, 0.05) is 0 Å². The van der Waals surface area contributed by atoms with Gasteiger partial charge in [0.2, 0.25) is 0 Å². The molecule has 14 heavy (non-hydrogen) atoms. The van der Waals surface area contributed by atoms with E-state index in [9.17, 15) is 18.0 Å². The molecule has 0 radical (unpaired) electrons. The summed E-state index contributed by atoms with van der Waals surface area (Å²) in [6, 6.07) is 0. The summed E-state index contributed by atoms with van der Waals surface area (Å²) in [4.78, 5) is 10.6. The Morgan fingerprint density at radius 2 is 1.93 bits per heavy atom. The fourth-order valence-electron chi connectivity index (χ4n) is 1.64. The van der Waals surface area contributed by atoms with Gasteiger partial charge in [0.25, 0.3) is 0 Å². The Morgan fingerprint density at radius 3 is 2.36 bits per heavy atom. The molecule has 2 unspecified atom stereocenters. The highest BCUT2D eigenvalue weighted by atomic mass is 19.4. The molecule has 2 aliphatic heterocycles. The van der Waals surface area contributed by atoms with E-state index in [0.717, 1.165) is 0 Å². The molecule has 0 aliphatic carbocycles. The second-order valence-corrected chi connectivity index (χ2v) is 2.99. The monoisotopic (exact) mass is 206 g/mol. The molecule has 2 heterocycles. The minimum atomic E-state index is -4.64. The van der Waals surface area contributed by atoms with Gasteiger partial charge in [0.05, 0.1) is 11.1 Å². The van der Waals surface area contributed by atoms with Gasteiger partial charge in [0.15, 0.2) is 0 Å². The minimum absolute atomic E-state index is 0.690. The number of aliphatic carboxylic acids is 1. The van der Waals surface area contributed by atoms with Crippen LogP contribution in [0.3, 0.4) is 0 Å². The first-order chi connectivity index (χ1) is 6.41. The van der Waals surface area contributed by atoms with Crippen LogP contribution in [0.2, 0.25) is 0 Å². The Balaban J connectivity index is 2.49. The molecule has 1 N–H and O–H groups in total. The second-order valence-electron chi connectivity index (χ2n) is 2.99. The fourth-order valence-corrected chi connectivity index (χ4v) is 1.64. The van der Waals surface area contributed by atoms with Gasteiger partial charge >= 0.3 is 12.1 Å². The van der Waals surface area contributed by atoms with Crippen LogP contribution < -0.4 is 0 Å². The molecule has 3 nitrogen and oxygen atoms in total.